The number of fused-ring (bicyclic) bond motifs is 1. The number of halogens is 2. The molecule has 7 nitrogen and oxygen atoms in total. The first kappa shape index (κ1) is 19.3. The normalized spacial score (nSPS) is 13.3. The van der Waals surface area contributed by atoms with E-state index in [0.717, 1.165) is 23.5 Å². The topological polar surface area (TPSA) is 73.1 Å². The number of benzene rings is 1. The lowest BCUT2D eigenvalue weighted by molar-refractivity contribution is 0.0732. The molecule has 1 aliphatic heterocycles. The average molecular weight is 416 g/mol. The summed E-state index contributed by atoms with van der Waals surface area (Å²) in [6.07, 6.45) is 5.36. The second-order valence-corrected chi connectivity index (χ2v) is 7.03. The molecule has 2 aromatic heterocycles. The molecule has 3 aromatic rings. The van der Waals surface area contributed by atoms with Crippen molar-refractivity contribution in [3.8, 4) is 5.88 Å². The van der Waals surface area contributed by atoms with E-state index in [9.17, 15) is 9.18 Å². The number of aromatic nitrogens is 4. The quantitative estimate of drug-likeness (QED) is 0.639. The van der Waals surface area contributed by atoms with Gasteiger partial charge >= 0.3 is 0 Å². The van der Waals surface area contributed by atoms with Gasteiger partial charge in [0, 0.05) is 55.3 Å². The SMILES string of the molecule is CCn1nc(COc2cnccn2)c2c1CCN(C(=O)c1ccc(F)c(Cl)c1)C2. The van der Waals surface area contributed by atoms with Crippen molar-refractivity contribution in [1.29, 1.82) is 0 Å². The number of ether oxygens (including phenoxy) is 1. The number of rotatable bonds is 5. The Balaban J connectivity index is 1.56. The van der Waals surface area contributed by atoms with E-state index in [-0.39, 0.29) is 17.5 Å². The molecule has 1 amide bonds. The predicted molar refractivity (Wildman–Crippen MR) is 104 cm³/mol. The maximum absolute atomic E-state index is 13.4. The number of nitrogens with zero attached hydrogens (tertiary/aromatic N) is 5. The number of carbonyl (C=O) groups excluding carboxylic acids is 1. The number of carbonyl (C=O) groups is 1. The summed E-state index contributed by atoms with van der Waals surface area (Å²) in [6.45, 7) is 3.95. The molecule has 0 saturated carbocycles. The Morgan fingerprint density at radius 3 is 2.93 bits per heavy atom. The summed E-state index contributed by atoms with van der Waals surface area (Å²) in [5.41, 5.74) is 3.21. The van der Waals surface area contributed by atoms with E-state index in [4.69, 9.17) is 16.3 Å². The Hall–Kier alpha value is -3.00. The van der Waals surface area contributed by atoms with Crippen LogP contribution in [-0.4, -0.2) is 37.1 Å². The molecule has 0 spiro atoms. The van der Waals surface area contributed by atoms with Gasteiger partial charge in [-0.2, -0.15) is 5.10 Å². The molecule has 0 aliphatic carbocycles. The number of hydrogen-bond donors (Lipinski definition) is 0. The van der Waals surface area contributed by atoms with Crippen LogP contribution in [0.1, 0.15) is 34.2 Å². The molecular weight excluding hydrogens is 397 g/mol. The minimum atomic E-state index is -0.545. The van der Waals surface area contributed by atoms with Gasteiger partial charge in [-0.3, -0.25) is 14.5 Å². The standard InChI is InChI=1S/C20H19ClFN5O2/c1-2-27-18-5-8-26(20(28)13-3-4-16(22)15(21)9-13)11-14(18)17(25-27)12-29-19-10-23-6-7-24-19/h3-4,6-7,9-10H,2,5,8,11-12H2,1H3. The van der Waals surface area contributed by atoms with Gasteiger partial charge in [-0.1, -0.05) is 11.6 Å². The molecule has 0 N–H and O–H groups in total. The van der Waals surface area contributed by atoms with E-state index in [1.165, 1.54) is 24.4 Å². The second kappa shape index (κ2) is 8.16. The molecule has 3 heterocycles. The van der Waals surface area contributed by atoms with Crippen molar-refractivity contribution >= 4 is 17.5 Å². The first-order valence-corrected chi connectivity index (χ1v) is 9.65. The molecule has 1 aromatic carbocycles. The summed E-state index contributed by atoms with van der Waals surface area (Å²) >= 11 is 5.84. The highest BCUT2D eigenvalue weighted by molar-refractivity contribution is 6.31. The summed E-state index contributed by atoms with van der Waals surface area (Å²) < 4.78 is 21.1. The molecule has 0 radical (unpaired) electrons. The van der Waals surface area contributed by atoms with Gasteiger partial charge in [-0.05, 0) is 25.1 Å². The zero-order valence-electron chi connectivity index (χ0n) is 15.8. The minimum absolute atomic E-state index is 0.0644. The Bertz CT molecular complexity index is 1040. The van der Waals surface area contributed by atoms with Crippen LogP contribution in [0.15, 0.2) is 36.8 Å². The highest BCUT2D eigenvalue weighted by Crippen LogP contribution is 2.26. The summed E-state index contributed by atoms with van der Waals surface area (Å²) in [5.74, 6) is -0.323. The lowest BCUT2D eigenvalue weighted by atomic mass is 10.0. The fraction of sp³-hybridized carbons (Fsp3) is 0.300. The number of aryl methyl sites for hydroxylation is 1. The van der Waals surface area contributed by atoms with Gasteiger partial charge in [0.25, 0.3) is 5.91 Å². The predicted octanol–water partition coefficient (Wildman–Crippen LogP) is 3.26. The van der Waals surface area contributed by atoms with Crippen LogP contribution < -0.4 is 4.74 Å². The fourth-order valence-electron chi connectivity index (χ4n) is 3.43. The van der Waals surface area contributed by atoms with Crippen LogP contribution >= 0.6 is 11.6 Å². The zero-order valence-corrected chi connectivity index (χ0v) is 16.6. The van der Waals surface area contributed by atoms with Crippen LogP contribution in [0, 0.1) is 5.82 Å². The van der Waals surface area contributed by atoms with Gasteiger partial charge in [-0.25, -0.2) is 9.37 Å². The monoisotopic (exact) mass is 415 g/mol. The van der Waals surface area contributed by atoms with E-state index >= 15 is 0 Å². The summed E-state index contributed by atoms with van der Waals surface area (Å²) in [7, 11) is 0. The molecule has 0 unspecified atom stereocenters. The van der Waals surface area contributed by atoms with Crippen LogP contribution in [0.4, 0.5) is 4.39 Å². The van der Waals surface area contributed by atoms with Crippen molar-refractivity contribution in [3.63, 3.8) is 0 Å². The van der Waals surface area contributed by atoms with E-state index in [2.05, 4.69) is 15.1 Å². The largest absolute Gasteiger partial charge is 0.470 e. The van der Waals surface area contributed by atoms with E-state index < -0.39 is 5.82 Å². The Morgan fingerprint density at radius 2 is 2.21 bits per heavy atom. The van der Waals surface area contributed by atoms with Crippen molar-refractivity contribution in [3.05, 3.63) is 70.1 Å². The van der Waals surface area contributed by atoms with Gasteiger partial charge in [-0.15, -0.1) is 0 Å². The molecular formula is C20H19ClFN5O2. The highest BCUT2D eigenvalue weighted by Gasteiger charge is 2.28. The summed E-state index contributed by atoms with van der Waals surface area (Å²) in [4.78, 5) is 22.7. The Labute approximate surface area is 172 Å². The molecule has 29 heavy (non-hydrogen) atoms. The van der Waals surface area contributed by atoms with Crippen LogP contribution in [0.25, 0.3) is 0 Å². The van der Waals surface area contributed by atoms with Gasteiger partial charge in [0.1, 0.15) is 18.1 Å². The molecule has 150 valence electrons. The molecule has 1 aliphatic rings. The molecule has 0 bridgehead atoms. The first-order valence-electron chi connectivity index (χ1n) is 9.27. The molecule has 0 atom stereocenters. The lowest BCUT2D eigenvalue weighted by Gasteiger charge is -2.28. The summed E-state index contributed by atoms with van der Waals surface area (Å²) in [5, 5.41) is 4.59. The van der Waals surface area contributed by atoms with Crippen LogP contribution in [-0.2, 0) is 26.1 Å². The number of hydrogen-bond acceptors (Lipinski definition) is 5. The smallest absolute Gasteiger partial charge is 0.254 e. The highest BCUT2D eigenvalue weighted by atomic mass is 35.5. The fourth-order valence-corrected chi connectivity index (χ4v) is 3.61. The van der Waals surface area contributed by atoms with Gasteiger partial charge in [0.2, 0.25) is 5.88 Å². The van der Waals surface area contributed by atoms with Gasteiger partial charge in [0.15, 0.2) is 0 Å². The zero-order chi connectivity index (χ0) is 20.4. The van der Waals surface area contributed by atoms with Gasteiger partial charge in [0.05, 0.1) is 11.2 Å². The van der Waals surface area contributed by atoms with Crippen molar-refractivity contribution < 1.29 is 13.9 Å². The lowest BCUT2D eigenvalue weighted by Crippen LogP contribution is -2.36. The van der Waals surface area contributed by atoms with Crippen molar-refractivity contribution in [2.24, 2.45) is 0 Å². The van der Waals surface area contributed by atoms with E-state index in [1.54, 1.807) is 17.3 Å². The third-order valence-electron chi connectivity index (χ3n) is 4.87. The third kappa shape index (κ3) is 3.93. The Kier molecular flexibility index (Phi) is 5.44. The second-order valence-electron chi connectivity index (χ2n) is 6.63. The molecule has 0 fully saturated rings. The maximum atomic E-state index is 13.4. The van der Waals surface area contributed by atoms with E-state index in [0.29, 0.717) is 31.0 Å². The average Bonchev–Trinajstić information content (AvgIpc) is 3.11. The maximum Gasteiger partial charge on any atom is 0.254 e. The molecule has 9 heteroatoms. The van der Waals surface area contributed by atoms with Crippen molar-refractivity contribution in [2.45, 2.75) is 33.0 Å². The number of amides is 1. The molecule has 0 saturated heterocycles. The van der Waals surface area contributed by atoms with E-state index in [1.807, 2.05) is 11.6 Å². The minimum Gasteiger partial charge on any atom is -0.470 e. The summed E-state index contributed by atoms with van der Waals surface area (Å²) in [6, 6.07) is 4.02. The van der Waals surface area contributed by atoms with Crippen LogP contribution in [0.2, 0.25) is 5.02 Å². The van der Waals surface area contributed by atoms with Crippen LogP contribution in [0.3, 0.4) is 0 Å². The van der Waals surface area contributed by atoms with Crippen LogP contribution in [0.5, 0.6) is 5.88 Å². The third-order valence-corrected chi connectivity index (χ3v) is 5.16. The Morgan fingerprint density at radius 1 is 1.34 bits per heavy atom. The van der Waals surface area contributed by atoms with Crippen molar-refractivity contribution in [2.75, 3.05) is 6.54 Å². The van der Waals surface area contributed by atoms with Gasteiger partial charge < -0.3 is 9.64 Å². The van der Waals surface area contributed by atoms with Crippen molar-refractivity contribution in [1.82, 2.24) is 24.6 Å². The first-order chi connectivity index (χ1) is 14.1. The molecule has 4 rings (SSSR count).